The monoisotopic (exact) mass is 416 g/mol. The van der Waals surface area contributed by atoms with Crippen LogP contribution in [0.5, 0.6) is 0 Å². The summed E-state index contributed by atoms with van der Waals surface area (Å²) in [7, 11) is -3.59. The Kier molecular flexibility index (Phi) is 7.47. The molecule has 0 bridgehead atoms. The van der Waals surface area contributed by atoms with Gasteiger partial charge in [0, 0.05) is 0 Å². The number of carbonyl (C=O) groups is 1. The van der Waals surface area contributed by atoms with Crippen molar-refractivity contribution in [3.8, 4) is 0 Å². The second-order valence-electron chi connectivity index (χ2n) is 7.90. The predicted octanol–water partition coefficient (Wildman–Crippen LogP) is 4.46. The first-order valence-electron chi connectivity index (χ1n) is 9.97. The summed E-state index contributed by atoms with van der Waals surface area (Å²) in [5.41, 5.74) is 4.94. The van der Waals surface area contributed by atoms with Gasteiger partial charge in [-0.2, -0.15) is 0 Å². The molecule has 0 aliphatic carbocycles. The summed E-state index contributed by atoms with van der Waals surface area (Å²) in [6.45, 7) is 9.97. The van der Waals surface area contributed by atoms with Crippen LogP contribution in [0.15, 0.2) is 42.5 Å². The average molecular weight is 417 g/mol. The summed E-state index contributed by atoms with van der Waals surface area (Å²) in [5.74, 6) is 0.0253. The van der Waals surface area contributed by atoms with Crippen LogP contribution in [0.3, 0.4) is 0 Å². The number of hydrogen-bond donors (Lipinski definition) is 1. The fourth-order valence-corrected chi connectivity index (χ4v) is 4.27. The Morgan fingerprint density at radius 3 is 2.17 bits per heavy atom. The molecule has 0 aromatic heterocycles. The molecular weight excluding hydrogens is 384 g/mol. The highest BCUT2D eigenvalue weighted by Crippen LogP contribution is 2.24. The van der Waals surface area contributed by atoms with E-state index in [0.717, 1.165) is 33.7 Å². The zero-order valence-corrected chi connectivity index (χ0v) is 19.0. The van der Waals surface area contributed by atoms with Gasteiger partial charge in [0.25, 0.3) is 0 Å². The van der Waals surface area contributed by atoms with E-state index in [1.165, 1.54) is 5.56 Å². The smallest absolute Gasteiger partial charge is 0.241 e. The molecule has 29 heavy (non-hydrogen) atoms. The lowest BCUT2D eigenvalue weighted by atomic mass is 9.97. The highest BCUT2D eigenvalue weighted by molar-refractivity contribution is 7.92. The van der Waals surface area contributed by atoms with Crippen molar-refractivity contribution in [2.45, 2.75) is 53.0 Å². The Hall–Kier alpha value is -2.34. The summed E-state index contributed by atoms with van der Waals surface area (Å²) in [4.78, 5) is 12.8. The summed E-state index contributed by atoms with van der Waals surface area (Å²) in [6.07, 6.45) is 1.84. The standard InChI is InChI=1S/C23H32N2O3S/c1-7-22(21-13-8-17(4)14-18(21)5)24-23(26)15-25(29(6,27)28)20-11-9-19(10-12-20)16(2)3/h8-14,16,22H,7,15H2,1-6H3,(H,24,26). The highest BCUT2D eigenvalue weighted by Gasteiger charge is 2.23. The van der Waals surface area contributed by atoms with Gasteiger partial charge in [0.15, 0.2) is 0 Å². The van der Waals surface area contributed by atoms with E-state index in [4.69, 9.17) is 0 Å². The molecule has 158 valence electrons. The molecule has 0 aliphatic heterocycles. The van der Waals surface area contributed by atoms with Gasteiger partial charge >= 0.3 is 0 Å². The Labute approximate surface area is 175 Å². The molecule has 1 N–H and O–H groups in total. The van der Waals surface area contributed by atoms with E-state index in [2.05, 4.69) is 25.2 Å². The minimum absolute atomic E-state index is 0.159. The minimum atomic E-state index is -3.59. The topological polar surface area (TPSA) is 66.5 Å². The summed E-state index contributed by atoms with van der Waals surface area (Å²) >= 11 is 0. The van der Waals surface area contributed by atoms with Crippen LogP contribution >= 0.6 is 0 Å². The number of sulfonamides is 1. The first kappa shape index (κ1) is 22.9. The van der Waals surface area contributed by atoms with Crippen LogP contribution in [0.4, 0.5) is 5.69 Å². The van der Waals surface area contributed by atoms with Gasteiger partial charge in [-0.3, -0.25) is 9.10 Å². The van der Waals surface area contributed by atoms with E-state index in [1.54, 1.807) is 12.1 Å². The van der Waals surface area contributed by atoms with Gasteiger partial charge in [-0.05, 0) is 55.0 Å². The highest BCUT2D eigenvalue weighted by atomic mass is 32.2. The van der Waals surface area contributed by atoms with Gasteiger partial charge in [-0.25, -0.2) is 8.42 Å². The van der Waals surface area contributed by atoms with Gasteiger partial charge in [0.05, 0.1) is 18.0 Å². The fraction of sp³-hybridized carbons (Fsp3) is 0.435. The normalized spacial score (nSPS) is 12.7. The van der Waals surface area contributed by atoms with Crippen molar-refractivity contribution in [2.75, 3.05) is 17.1 Å². The quantitative estimate of drug-likeness (QED) is 0.691. The van der Waals surface area contributed by atoms with Crippen molar-refractivity contribution in [2.24, 2.45) is 0 Å². The van der Waals surface area contributed by atoms with Crippen molar-refractivity contribution in [3.05, 3.63) is 64.7 Å². The lowest BCUT2D eigenvalue weighted by molar-refractivity contribution is -0.120. The minimum Gasteiger partial charge on any atom is -0.348 e. The van der Waals surface area contributed by atoms with Crippen LogP contribution in [0.25, 0.3) is 0 Å². The van der Waals surface area contributed by atoms with Gasteiger partial charge < -0.3 is 5.32 Å². The second kappa shape index (κ2) is 9.44. The Balaban J connectivity index is 2.21. The Morgan fingerprint density at radius 1 is 1.07 bits per heavy atom. The van der Waals surface area contributed by atoms with E-state index in [9.17, 15) is 13.2 Å². The van der Waals surface area contributed by atoms with Gasteiger partial charge in [-0.1, -0.05) is 56.7 Å². The molecular formula is C23H32N2O3S. The fourth-order valence-electron chi connectivity index (χ4n) is 3.41. The lowest BCUT2D eigenvalue weighted by Crippen LogP contribution is -2.41. The van der Waals surface area contributed by atoms with Crippen molar-refractivity contribution < 1.29 is 13.2 Å². The molecule has 2 aromatic carbocycles. The van der Waals surface area contributed by atoms with Gasteiger partial charge in [0.2, 0.25) is 15.9 Å². The second-order valence-corrected chi connectivity index (χ2v) is 9.81. The number of carbonyl (C=O) groups excluding carboxylic acids is 1. The number of aryl methyl sites for hydroxylation is 2. The molecule has 0 saturated heterocycles. The van der Waals surface area contributed by atoms with E-state index in [-0.39, 0.29) is 18.5 Å². The number of hydrogen-bond acceptors (Lipinski definition) is 3. The van der Waals surface area contributed by atoms with Gasteiger partial charge in [0.1, 0.15) is 6.54 Å². The number of nitrogens with one attached hydrogen (secondary N) is 1. The number of benzene rings is 2. The molecule has 0 radical (unpaired) electrons. The third kappa shape index (κ3) is 6.07. The van der Waals surface area contributed by atoms with Crippen molar-refractivity contribution in [3.63, 3.8) is 0 Å². The predicted molar refractivity (Wildman–Crippen MR) is 120 cm³/mol. The van der Waals surface area contributed by atoms with Crippen molar-refractivity contribution in [1.29, 1.82) is 0 Å². The summed E-state index contributed by atoms with van der Waals surface area (Å²) < 4.78 is 25.9. The Morgan fingerprint density at radius 2 is 1.69 bits per heavy atom. The van der Waals surface area contributed by atoms with Crippen LogP contribution in [0.2, 0.25) is 0 Å². The SMILES string of the molecule is CCC(NC(=O)CN(c1ccc(C(C)C)cc1)S(C)(=O)=O)c1ccc(C)cc1C. The summed E-state index contributed by atoms with van der Waals surface area (Å²) in [5, 5.41) is 3.00. The van der Waals surface area contributed by atoms with Crippen LogP contribution < -0.4 is 9.62 Å². The molecule has 0 aliphatic rings. The van der Waals surface area contributed by atoms with E-state index < -0.39 is 10.0 Å². The third-order valence-electron chi connectivity index (χ3n) is 5.08. The van der Waals surface area contributed by atoms with Crippen molar-refractivity contribution >= 4 is 21.6 Å². The van der Waals surface area contributed by atoms with Crippen LogP contribution in [-0.2, 0) is 14.8 Å². The number of nitrogens with zero attached hydrogens (tertiary/aromatic N) is 1. The molecule has 0 heterocycles. The largest absolute Gasteiger partial charge is 0.348 e. The number of amides is 1. The third-order valence-corrected chi connectivity index (χ3v) is 6.22. The molecule has 0 spiro atoms. The molecule has 6 heteroatoms. The number of anilines is 1. The van der Waals surface area contributed by atoms with Crippen LogP contribution in [0, 0.1) is 13.8 Å². The Bertz CT molecular complexity index is 951. The molecule has 0 fully saturated rings. The van der Waals surface area contributed by atoms with E-state index in [1.807, 2.05) is 45.0 Å². The lowest BCUT2D eigenvalue weighted by Gasteiger charge is -2.25. The number of rotatable bonds is 8. The first-order valence-corrected chi connectivity index (χ1v) is 11.8. The molecule has 2 rings (SSSR count). The molecule has 1 unspecified atom stereocenters. The first-order chi connectivity index (χ1) is 13.5. The zero-order chi connectivity index (χ0) is 21.8. The molecule has 1 amide bonds. The molecule has 2 aromatic rings. The van der Waals surface area contributed by atoms with Crippen LogP contribution in [-0.4, -0.2) is 27.1 Å². The average Bonchev–Trinajstić information content (AvgIpc) is 2.64. The maximum Gasteiger partial charge on any atom is 0.241 e. The molecule has 5 nitrogen and oxygen atoms in total. The van der Waals surface area contributed by atoms with E-state index in [0.29, 0.717) is 11.6 Å². The maximum atomic E-state index is 12.8. The summed E-state index contributed by atoms with van der Waals surface area (Å²) in [6, 6.07) is 13.3. The maximum absolute atomic E-state index is 12.8. The zero-order valence-electron chi connectivity index (χ0n) is 18.2. The molecule has 0 saturated carbocycles. The van der Waals surface area contributed by atoms with Crippen LogP contribution in [0.1, 0.15) is 61.4 Å². The van der Waals surface area contributed by atoms with Crippen molar-refractivity contribution in [1.82, 2.24) is 5.32 Å². The molecule has 1 atom stereocenters. The van der Waals surface area contributed by atoms with E-state index >= 15 is 0 Å². The van der Waals surface area contributed by atoms with Gasteiger partial charge in [-0.15, -0.1) is 0 Å².